The van der Waals surface area contributed by atoms with Crippen LogP contribution in [0, 0.1) is 11.8 Å². The molecule has 1 rings (SSSR count). The molecular weight excluding hydrogens is 288 g/mol. The highest BCUT2D eigenvalue weighted by Crippen LogP contribution is 2.36. The summed E-state index contributed by atoms with van der Waals surface area (Å²) in [5.41, 5.74) is 0. The minimum atomic E-state index is -0.898. The number of carboxylic acids is 1. The molecule has 0 aromatic carbocycles. The minimum Gasteiger partial charge on any atom is -0.478 e. The van der Waals surface area contributed by atoms with E-state index in [1.165, 1.54) is 32.1 Å². The third kappa shape index (κ3) is 7.83. The number of carbonyl (C=O) groups is 1. The first-order valence-corrected chi connectivity index (χ1v) is 9.27. The van der Waals surface area contributed by atoms with Gasteiger partial charge in [-0.25, -0.2) is 4.79 Å². The summed E-state index contributed by atoms with van der Waals surface area (Å²) in [5.74, 6) is 0.443. The molecule has 3 heteroatoms. The fourth-order valence-corrected chi connectivity index (χ4v) is 3.33. The molecule has 1 fully saturated rings. The van der Waals surface area contributed by atoms with Gasteiger partial charge in [-0.2, -0.15) is 0 Å². The predicted molar refractivity (Wildman–Crippen MR) is 95.5 cm³/mol. The van der Waals surface area contributed by atoms with Crippen molar-refractivity contribution in [3.05, 3.63) is 24.3 Å². The summed E-state index contributed by atoms with van der Waals surface area (Å²) in [6.07, 6.45) is 17.0. The van der Waals surface area contributed by atoms with Gasteiger partial charge in [-0.05, 0) is 37.5 Å². The molecule has 0 bridgehead atoms. The van der Waals surface area contributed by atoms with Crippen LogP contribution in [0.1, 0.15) is 72.1 Å². The summed E-state index contributed by atoms with van der Waals surface area (Å²) in [4.78, 5) is 10.3. The molecule has 3 nitrogen and oxygen atoms in total. The first-order chi connectivity index (χ1) is 11.1. The van der Waals surface area contributed by atoms with Gasteiger partial charge in [-0.3, -0.25) is 0 Å². The largest absolute Gasteiger partial charge is 0.478 e. The van der Waals surface area contributed by atoms with Crippen LogP contribution in [0.15, 0.2) is 24.3 Å². The van der Waals surface area contributed by atoms with Crippen molar-refractivity contribution in [2.24, 2.45) is 11.8 Å². The third-order valence-electron chi connectivity index (χ3n) is 5.04. The van der Waals surface area contributed by atoms with Crippen LogP contribution in [0.25, 0.3) is 0 Å². The molecule has 1 N–H and O–H groups in total. The standard InChI is InChI=1S/C20H34O3/c1-4-5-10-13-18-16(2)17(3)19(23-18)14-11-8-6-7-9-12-15-20(21)22/h7,9,12,15-19H,4-6,8,10-11,13-14H2,1-3H3,(H,21,22). The fraction of sp³-hybridized carbons (Fsp3) is 0.750. The number of rotatable bonds is 11. The van der Waals surface area contributed by atoms with E-state index >= 15 is 0 Å². The summed E-state index contributed by atoms with van der Waals surface area (Å²) in [6, 6.07) is 0. The molecular formula is C20H34O3. The SMILES string of the molecule is CCCCCC1OC(CCCCC=CC=CC(=O)O)C(C)C1C. The van der Waals surface area contributed by atoms with Crippen molar-refractivity contribution in [2.75, 3.05) is 0 Å². The highest BCUT2D eigenvalue weighted by atomic mass is 16.5. The molecule has 0 amide bonds. The molecule has 1 saturated heterocycles. The highest BCUT2D eigenvalue weighted by molar-refractivity contribution is 5.80. The van der Waals surface area contributed by atoms with Gasteiger partial charge in [0, 0.05) is 6.08 Å². The van der Waals surface area contributed by atoms with E-state index < -0.39 is 5.97 Å². The first kappa shape index (κ1) is 20.0. The number of carboxylic acid groups (broad SMARTS) is 1. The van der Waals surface area contributed by atoms with Crippen LogP contribution in [0.2, 0.25) is 0 Å². The summed E-state index contributed by atoms with van der Waals surface area (Å²) in [6.45, 7) is 6.93. The van der Waals surface area contributed by atoms with E-state index in [-0.39, 0.29) is 0 Å². The van der Waals surface area contributed by atoms with Gasteiger partial charge >= 0.3 is 5.97 Å². The van der Waals surface area contributed by atoms with Crippen LogP contribution in [0.4, 0.5) is 0 Å². The van der Waals surface area contributed by atoms with E-state index in [2.05, 4.69) is 20.8 Å². The monoisotopic (exact) mass is 322 g/mol. The van der Waals surface area contributed by atoms with Gasteiger partial charge in [0.2, 0.25) is 0 Å². The number of hydrogen-bond acceptors (Lipinski definition) is 2. The highest BCUT2D eigenvalue weighted by Gasteiger charge is 2.37. The molecule has 23 heavy (non-hydrogen) atoms. The molecule has 0 aromatic rings. The van der Waals surface area contributed by atoms with Crippen molar-refractivity contribution >= 4 is 5.97 Å². The first-order valence-electron chi connectivity index (χ1n) is 9.27. The lowest BCUT2D eigenvalue weighted by Gasteiger charge is -2.15. The van der Waals surface area contributed by atoms with Crippen LogP contribution in [-0.4, -0.2) is 23.3 Å². The second-order valence-corrected chi connectivity index (χ2v) is 6.84. The molecule has 1 heterocycles. The molecule has 4 atom stereocenters. The quantitative estimate of drug-likeness (QED) is 0.316. The molecule has 4 unspecified atom stereocenters. The maximum Gasteiger partial charge on any atom is 0.328 e. The molecule has 0 spiro atoms. The van der Waals surface area contributed by atoms with Crippen LogP contribution in [0.3, 0.4) is 0 Å². The fourth-order valence-electron chi connectivity index (χ4n) is 3.33. The lowest BCUT2D eigenvalue weighted by atomic mass is 9.87. The lowest BCUT2D eigenvalue weighted by Crippen LogP contribution is -2.16. The Kier molecular flexibility index (Phi) is 9.93. The molecule has 0 saturated carbocycles. The van der Waals surface area contributed by atoms with Crippen molar-refractivity contribution in [1.29, 1.82) is 0 Å². The van der Waals surface area contributed by atoms with Gasteiger partial charge in [-0.1, -0.05) is 64.7 Å². The van der Waals surface area contributed by atoms with Gasteiger partial charge in [0.25, 0.3) is 0 Å². The zero-order valence-electron chi connectivity index (χ0n) is 15.0. The van der Waals surface area contributed by atoms with E-state index in [1.54, 1.807) is 6.08 Å². The number of aliphatic carboxylic acids is 1. The zero-order valence-corrected chi connectivity index (χ0v) is 15.0. The second kappa shape index (κ2) is 11.4. The predicted octanol–water partition coefficient (Wildman–Crippen LogP) is 5.36. The van der Waals surface area contributed by atoms with Crippen molar-refractivity contribution in [1.82, 2.24) is 0 Å². The normalized spacial score (nSPS) is 28.1. The maximum atomic E-state index is 10.3. The van der Waals surface area contributed by atoms with Crippen molar-refractivity contribution in [3.8, 4) is 0 Å². The Hall–Kier alpha value is -1.09. The second-order valence-electron chi connectivity index (χ2n) is 6.84. The van der Waals surface area contributed by atoms with Gasteiger partial charge < -0.3 is 9.84 Å². The zero-order chi connectivity index (χ0) is 17.1. The number of allylic oxidation sites excluding steroid dienone is 3. The Bertz CT molecular complexity index is 386. The van der Waals surface area contributed by atoms with Crippen molar-refractivity contribution in [3.63, 3.8) is 0 Å². The van der Waals surface area contributed by atoms with Crippen LogP contribution in [0.5, 0.6) is 0 Å². The number of unbranched alkanes of at least 4 members (excludes halogenated alkanes) is 4. The maximum absolute atomic E-state index is 10.3. The minimum absolute atomic E-state index is 0.424. The van der Waals surface area contributed by atoms with E-state index in [1.807, 2.05) is 12.2 Å². The van der Waals surface area contributed by atoms with Crippen LogP contribution < -0.4 is 0 Å². The lowest BCUT2D eigenvalue weighted by molar-refractivity contribution is -0.131. The Balaban J connectivity index is 2.18. The number of hydrogen-bond donors (Lipinski definition) is 1. The molecule has 1 aliphatic heterocycles. The molecule has 1 aliphatic rings. The van der Waals surface area contributed by atoms with E-state index in [0.29, 0.717) is 24.0 Å². The topological polar surface area (TPSA) is 46.5 Å². The van der Waals surface area contributed by atoms with E-state index in [4.69, 9.17) is 9.84 Å². The van der Waals surface area contributed by atoms with E-state index in [0.717, 1.165) is 25.3 Å². The summed E-state index contributed by atoms with van der Waals surface area (Å²) in [7, 11) is 0. The summed E-state index contributed by atoms with van der Waals surface area (Å²) >= 11 is 0. The number of ether oxygens (including phenoxy) is 1. The molecule has 0 aromatic heterocycles. The summed E-state index contributed by atoms with van der Waals surface area (Å²) < 4.78 is 6.31. The molecule has 0 aliphatic carbocycles. The van der Waals surface area contributed by atoms with Crippen LogP contribution >= 0.6 is 0 Å². The molecule has 0 radical (unpaired) electrons. The Morgan fingerprint density at radius 1 is 1.00 bits per heavy atom. The molecule has 132 valence electrons. The van der Waals surface area contributed by atoms with Crippen molar-refractivity contribution < 1.29 is 14.6 Å². The van der Waals surface area contributed by atoms with Crippen molar-refractivity contribution in [2.45, 2.75) is 84.3 Å². The van der Waals surface area contributed by atoms with Crippen LogP contribution in [-0.2, 0) is 9.53 Å². The van der Waals surface area contributed by atoms with Gasteiger partial charge in [0.1, 0.15) is 0 Å². The smallest absolute Gasteiger partial charge is 0.328 e. The Morgan fingerprint density at radius 3 is 2.17 bits per heavy atom. The Morgan fingerprint density at radius 2 is 1.61 bits per heavy atom. The summed E-state index contributed by atoms with van der Waals surface area (Å²) in [5, 5.41) is 8.48. The van der Waals surface area contributed by atoms with Gasteiger partial charge in [0.05, 0.1) is 12.2 Å². The average Bonchev–Trinajstić information content (AvgIpc) is 2.78. The average molecular weight is 322 g/mol. The van der Waals surface area contributed by atoms with E-state index in [9.17, 15) is 4.79 Å². The third-order valence-corrected chi connectivity index (χ3v) is 5.04. The Labute approximate surface area is 141 Å². The van der Waals surface area contributed by atoms with Gasteiger partial charge in [0.15, 0.2) is 0 Å². The van der Waals surface area contributed by atoms with Gasteiger partial charge in [-0.15, -0.1) is 0 Å².